The van der Waals surface area contributed by atoms with E-state index in [2.05, 4.69) is 10.2 Å². The number of fused-ring (bicyclic) bond motifs is 2. The Bertz CT molecular complexity index is 503. The van der Waals surface area contributed by atoms with Crippen LogP contribution in [0, 0.1) is 0 Å². The fourth-order valence-corrected chi connectivity index (χ4v) is 3.96. The van der Waals surface area contributed by atoms with Gasteiger partial charge in [-0.05, 0) is 38.8 Å². The number of amides is 1. The standard InChI is InChI=1S/C14H18N2O2S.ClH/c1-9(17)10-6-13(19-8-10)14(18)16-11-2-3-12(16)7-15-5-4-11;/h6,8,11-12,15H,2-5,7H2,1H3;1H. The van der Waals surface area contributed by atoms with Crippen molar-refractivity contribution in [3.8, 4) is 0 Å². The van der Waals surface area contributed by atoms with E-state index in [9.17, 15) is 9.59 Å². The molecule has 2 bridgehead atoms. The summed E-state index contributed by atoms with van der Waals surface area (Å²) in [6, 6.07) is 2.44. The lowest BCUT2D eigenvalue weighted by Gasteiger charge is -2.27. The van der Waals surface area contributed by atoms with Gasteiger partial charge in [0.2, 0.25) is 0 Å². The lowest BCUT2D eigenvalue weighted by molar-refractivity contribution is 0.0685. The summed E-state index contributed by atoms with van der Waals surface area (Å²) in [7, 11) is 0. The first-order valence-electron chi connectivity index (χ1n) is 6.79. The number of nitrogens with one attached hydrogen (secondary N) is 1. The molecule has 2 atom stereocenters. The molecule has 20 heavy (non-hydrogen) atoms. The Morgan fingerprint density at radius 2 is 2.05 bits per heavy atom. The highest BCUT2D eigenvalue weighted by Crippen LogP contribution is 2.30. The Labute approximate surface area is 128 Å². The molecule has 0 saturated carbocycles. The molecule has 0 radical (unpaired) electrons. The van der Waals surface area contributed by atoms with Gasteiger partial charge >= 0.3 is 0 Å². The second-order valence-corrected chi connectivity index (χ2v) is 6.26. The van der Waals surface area contributed by atoms with E-state index in [0.717, 1.165) is 32.4 Å². The number of carbonyl (C=O) groups is 2. The number of carbonyl (C=O) groups excluding carboxylic acids is 2. The first kappa shape index (κ1) is 15.5. The fourth-order valence-electron chi connectivity index (χ4n) is 3.07. The average Bonchev–Trinajstić information content (AvgIpc) is 2.92. The third-order valence-electron chi connectivity index (χ3n) is 4.11. The molecule has 2 saturated heterocycles. The van der Waals surface area contributed by atoms with Gasteiger partial charge in [-0.25, -0.2) is 0 Å². The van der Waals surface area contributed by atoms with Crippen molar-refractivity contribution in [2.24, 2.45) is 0 Å². The molecule has 0 aliphatic carbocycles. The summed E-state index contributed by atoms with van der Waals surface area (Å²) in [6.07, 6.45) is 3.24. The van der Waals surface area contributed by atoms with Gasteiger partial charge in [-0.1, -0.05) is 0 Å². The summed E-state index contributed by atoms with van der Waals surface area (Å²) < 4.78 is 0. The van der Waals surface area contributed by atoms with Crippen LogP contribution in [0.2, 0.25) is 0 Å². The fraction of sp³-hybridized carbons (Fsp3) is 0.571. The summed E-state index contributed by atoms with van der Waals surface area (Å²) in [6.45, 7) is 3.43. The molecule has 1 aromatic heterocycles. The van der Waals surface area contributed by atoms with E-state index in [1.54, 1.807) is 11.4 Å². The maximum absolute atomic E-state index is 12.6. The lowest BCUT2D eigenvalue weighted by Crippen LogP contribution is -2.42. The summed E-state index contributed by atoms with van der Waals surface area (Å²) in [4.78, 5) is 26.7. The third-order valence-corrected chi connectivity index (χ3v) is 5.02. The predicted molar refractivity (Wildman–Crippen MR) is 82.0 cm³/mol. The van der Waals surface area contributed by atoms with E-state index >= 15 is 0 Å². The lowest BCUT2D eigenvalue weighted by atomic mass is 10.1. The molecule has 3 rings (SSSR count). The number of rotatable bonds is 2. The molecular formula is C14H19ClN2O2S. The van der Waals surface area contributed by atoms with E-state index < -0.39 is 0 Å². The van der Waals surface area contributed by atoms with Crippen LogP contribution in [0.1, 0.15) is 46.2 Å². The molecule has 2 aliphatic heterocycles. The summed E-state index contributed by atoms with van der Waals surface area (Å²) in [5, 5.41) is 5.18. The van der Waals surface area contributed by atoms with Crippen LogP contribution < -0.4 is 5.32 Å². The highest BCUT2D eigenvalue weighted by molar-refractivity contribution is 7.12. The zero-order valence-electron chi connectivity index (χ0n) is 11.4. The number of Topliss-reactive ketones (excluding diaryl/α,β-unsaturated/α-hetero) is 1. The second kappa shape index (κ2) is 6.24. The molecule has 1 aromatic rings. The van der Waals surface area contributed by atoms with Gasteiger partial charge in [0.1, 0.15) is 0 Å². The number of hydrogen-bond acceptors (Lipinski definition) is 4. The monoisotopic (exact) mass is 314 g/mol. The molecular weight excluding hydrogens is 296 g/mol. The van der Waals surface area contributed by atoms with Gasteiger partial charge in [-0.15, -0.1) is 23.7 Å². The van der Waals surface area contributed by atoms with Crippen molar-refractivity contribution < 1.29 is 9.59 Å². The zero-order chi connectivity index (χ0) is 13.4. The van der Waals surface area contributed by atoms with E-state index in [-0.39, 0.29) is 24.1 Å². The van der Waals surface area contributed by atoms with Gasteiger partial charge in [-0.2, -0.15) is 0 Å². The molecule has 6 heteroatoms. The van der Waals surface area contributed by atoms with Crippen molar-refractivity contribution >= 4 is 35.4 Å². The van der Waals surface area contributed by atoms with Gasteiger partial charge in [0.15, 0.2) is 5.78 Å². The Hall–Kier alpha value is -0.910. The number of halogens is 1. The summed E-state index contributed by atoms with van der Waals surface area (Å²) in [5.41, 5.74) is 0.647. The predicted octanol–water partition coefficient (Wildman–Crippen LogP) is 2.34. The van der Waals surface area contributed by atoms with Crippen molar-refractivity contribution in [1.29, 1.82) is 0 Å². The van der Waals surface area contributed by atoms with Crippen molar-refractivity contribution in [1.82, 2.24) is 10.2 Å². The Balaban J connectivity index is 0.00000147. The van der Waals surface area contributed by atoms with Gasteiger partial charge in [0.25, 0.3) is 5.91 Å². The van der Waals surface area contributed by atoms with Crippen LogP contribution >= 0.6 is 23.7 Å². The zero-order valence-corrected chi connectivity index (χ0v) is 13.1. The van der Waals surface area contributed by atoms with Crippen LogP contribution in [0.5, 0.6) is 0 Å². The average molecular weight is 315 g/mol. The second-order valence-electron chi connectivity index (χ2n) is 5.35. The van der Waals surface area contributed by atoms with Gasteiger partial charge in [0, 0.05) is 29.6 Å². The highest BCUT2D eigenvalue weighted by Gasteiger charge is 2.38. The Kier molecular flexibility index (Phi) is 4.83. The number of nitrogens with zero attached hydrogens (tertiary/aromatic N) is 1. The molecule has 1 amide bonds. The normalized spacial score (nSPS) is 24.9. The minimum absolute atomic E-state index is 0. The smallest absolute Gasteiger partial charge is 0.264 e. The van der Waals surface area contributed by atoms with Crippen molar-refractivity contribution in [2.75, 3.05) is 13.1 Å². The van der Waals surface area contributed by atoms with E-state index in [1.165, 1.54) is 18.3 Å². The van der Waals surface area contributed by atoms with E-state index in [1.807, 2.05) is 0 Å². The van der Waals surface area contributed by atoms with Crippen LogP contribution in [0.25, 0.3) is 0 Å². The summed E-state index contributed by atoms with van der Waals surface area (Å²) in [5.74, 6) is 0.129. The van der Waals surface area contributed by atoms with Crippen LogP contribution in [0.4, 0.5) is 0 Å². The third kappa shape index (κ3) is 2.75. The maximum Gasteiger partial charge on any atom is 0.264 e. The largest absolute Gasteiger partial charge is 0.331 e. The van der Waals surface area contributed by atoms with Crippen LogP contribution in [0.15, 0.2) is 11.4 Å². The molecule has 110 valence electrons. The number of hydrogen-bond donors (Lipinski definition) is 1. The topological polar surface area (TPSA) is 49.4 Å². The molecule has 4 nitrogen and oxygen atoms in total. The minimum Gasteiger partial charge on any atom is -0.331 e. The van der Waals surface area contributed by atoms with Gasteiger partial charge in [0.05, 0.1) is 4.88 Å². The SMILES string of the molecule is CC(=O)c1csc(C(=O)N2C3CCNCC2CC3)c1.Cl. The molecule has 2 fully saturated rings. The van der Waals surface area contributed by atoms with E-state index in [4.69, 9.17) is 0 Å². The van der Waals surface area contributed by atoms with E-state index in [0.29, 0.717) is 22.5 Å². The number of thiophene rings is 1. The molecule has 0 spiro atoms. The van der Waals surface area contributed by atoms with Crippen molar-refractivity contribution in [3.63, 3.8) is 0 Å². The molecule has 3 heterocycles. The molecule has 1 N–H and O–H groups in total. The molecule has 2 unspecified atom stereocenters. The van der Waals surface area contributed by atoms with Crippen LogP contribution in [-0.4, -0.2) is 41.8 Å². The highest BCUT2D eigenvalue weighted by atomic mass is 35.5. The van der Waals surface area contributed by atoms with Crippen LogP contribution in [-0.2, 0) is 0 Å². The quantitative estimate of drug-likeness (QED) is 0.852. The van der Waals surface area contributed by atoms with Gasteiger partial charge in [-0.3, -0.25) is 9.59 Å². The minimum atomic E-state index is 0. The maximum atomic E-state index is 12.6. The Morgan fingerprint density at radius 1 is 1.30 bits per heavy atom. The molecule has 2 aliphatic rings. The van der Waals surface area contributed by atoms with Crippen molar-refractivity contribution in [3.05, 3.63) is 21.9 Å². The van der Waals surface area contributed by atoms with Crippen molar-refractivity contribution in [2.45, 2.75) is 38.3 Å². The van der Waals surface area contributed by atoms with Crippen LogP contribution in [0.3, 0.4) is 0 Å². The summed E-state index contributed by atoms with van der Waals surface area (Å²) >= 11 is 1.39. The van der Waals surface area contributed by atoms with Gasteiger partial charge < -0.3 is 10.2 Å². The number of ketones is 1. The molecule has 0 aromatic carbocycles. The Morgan fingerprint density at radius 3 is 2.75 bits per heavy atom. The first-order chi connectivity index (χ1) is 9.16. The first-order valence-corrected chi connectivity index (χ1v) is 7.67.